The van der Waals surface area contributed by atoms with E-state index in [2.05, 4.69) is 19.2 Å². The van der Waals surface area contributed by atoms with Crippen molar-refractivity contribution in [2.24, 2.45) is 28.9 Å². The molecule has 3 N–H and O–H groups in total. The molecule has 1 heterocycles. The number of hydrogen-bond acceptors (Lipinski definition) is 3. The van der Waals surface area contributed by atoms with Crippen LogP contribution < -0.4 is 11.1 Å². The van der Waals surface area contributed by atoms with Crippen LogP contribution in [0.1, 0.15) is 71.6 Å². The minimum absolute atomic E-state index is 0.0365. The Kier molecular flexibility index (Phi) is 5.47. The van der Waals surface area contributed by atoms with Gasteiger partial charge in [-0.05, 0) is 62.7 Å². The molecule has 3 aliphatic carbocycles. The van der Waals surface area contributed by atoms with Crippen LogP contribution in [0.4, 0.5) is 0 Å². The molecule has 4 fully saturated rings. The van der Waals surface area contributed by atoms with Crippen LogP contribution in [0.25, 0.3) is 0 Å². The monoisotopic (exact) mass is 401 g/mol. The maximum Gasteiger partial charge on any atom is 0.244 e. The van der Waals surface area contributed by atoms with Crippen molar-refractivity contribution in [1.82, 2.24) is 10.2 Å². The number of amides is 3. The highest BCUT2D eigenvalue weighted by molar-refractivity contribution is 5.92. The molecule has 0 radical (unpaired) electrons. The Morgan fingerprint density at radius 2 is 1.86 bits per heavy atom. The number of nitrogens with two attached hydrogens (primary N) is 1. The molecule has 29 heavy (non-hydrogen) atoms. The maximum atomic E-state index is 13.1. The van der Waals surface area contributed by atoms with Crippen molar-refractivity contribution in [3.8, 4) is 0 Å². The highest BCUT2D eigenvalue weighted by atomic mass is 16.2. The molecule has 4 rings (SSSR count). The van der Waals surface area contributed by atoms with E-state index in [0.29, 0.717) is 24.3 Å². The first-order chi connectivity index (χ1) is 13.7. The molecule has 6 nitrogen and oxygen atoms in total. The zero-order valence-corrected chi connectivity index (χ0v) is 17.8. The summed E-state index contributed by atoms with van der Waals surface area (Å²) in [5, 5.41) is 3.06. The average molecular weight is 402 g/mol. The summed E-state index contributed by atoms with van der Waals surface area (Å²) >= 11 is 0. The Balaban J connectivity index is 1.35. The van der Waals surface area contributed by atoms with E-state index in [1.165, 1.54) is 5.57 Å². The highest BCUT2D eigenvalue weighted by Crippen LogP contribution is 2.46. The van der Waals surface area contributed by atoms with Crippen LogP contribution in [0.5, 0.6) is 0 Å². The number of nitrogens with zero attached hydrogens (tertiary/aromatic N) is 1. The molecular weight excluding hydrogens is 366 g/mol. The summed E-state index contributed by atoms with van der Waals surface area (Å²) in [6, 6.07) is 0.317. The van der Waals surface area contributed by atoms with Crippen molar-refractivity contribution in [3.63, 3.8) is 0 Å². The van der Waals surface area contributed by atoms with Crippen LogP contribution >= 0.6 is 0 Å². The molecule has 3 saturated carbocycles. The largest absolute Gasteiger partial charge is 0.369 e. The SMILES string of the molecule is CC1(C)CCC(=CC(=O)NC[C@@H]2C[C@@H]3CCC[C@@H]3N2C(=O)[C@@H]2C[C@@H]2C(N)=O)CC1. The van der Waals surface area contributed by atoms with Gasteiger partial charge in [0.25, 0.3) is 0 Å². The molecule has 4 aliphatic rings. The number of fused-ring (bicyclic) bond motifs is 1. The van der Waals surface area contributed by atoms with Gasteiger partial charge in [0.15, 0.2) is 0 Å². The van der Waals surface area contributed by atoms with Gasteiger partial charge < -0.3 is 16.0 Å². The number of carbonyl (C=O) groups is 3. The lowest BCUT2D eigenvalue weighted by Gasteiger charge is -2.31. The number of likely N-dealkylation sites (tertiary alicyclic amines) is 1. The van der Waals surface area contributed by atoms with E-state index in [9.17, 15) is 14.4 Å². The molecule has 0 spiro atoms. The van der Waals surface area contributed by atoms with E-state index in [1.54, 1.807) is 6.08 Å². The zero-order chi connectivity index (χ0) is 20.8. The van der Waals surface area contributed by atoms with Gasteiger partial charge in [0, 0.05) is 24.7 Å². The first-order valence-corrected chi connectivity index (χ1v) is 11.3. The third-order valence-corrected chi connectivity index (χ3v) is 7.76. The molecule has 1 aliphatic heterocycles. The van der Waals surface area contributed by atoms with Gasteiger partial charge in [-0.1, -0.05) is 25.8 Å². The fraction of sp³-hybridized carbons (Fsp3) is 0.783. The fourth-order valence-corrected chi connectivity index (χ4v) is 5.74. The molecule has 0 unspecified atom stereocenters. The average Bonchev–Trinajstić information content (AvgIpc) is 3.23. The van der Waals surface area contributed by atoms with E-state index in [-0.39, 0.29) is 41.6 Å². The molecule has 0 aromatic carbocycles. The third kappa shape index (κ3) is 4.36. The minimum atomic E-state index is -0.363. The Morgan fingerprint density at radius 3 is 2.52 bits per heavy atom. The van der Waals surface area contributed by atoms with Gasteiger partial charge in [-0.3, -0.25) is 14.4 Å². The van der Waals surface area contributed by atoms with Gasteiger partial charge in [0.1, 0.15) is 0 Å². The first-order valence-electron chi connectivity index (χ1n) is 11.3. The minimum Gasteiger partial charge on any atom is -0.369 e. The second-order valence-corrected chi connectivity index (χ2v) is 10.5. The predicted octanol–water partition coefficient (Wildman–Crippen LogP) is 2.52. The van der Waals surface area contributed by atoms with Crippen LogP contribution in [0.2, 0.25) is 0 Å². The third-order valence-electron chi connectivity index (χ3n) is 7.76. The summed E-state index contributed by atoms with van der Waals surface area (Å²) in [6.07, 6.45) is 10.9. The van der Waals surface area contributed by atoms with Gasteiger partial charge in [-0.2, -0.15) is 0 Å². The second kappa shape index (κ2) is 7.77. The van der Waals surface area contributed by atoms with Crippen LogP contribution in [0.15, 0.2) is 11.6 Å². The van der Waals surface area contributed by atoms with Crippen molar-refractivity contribution in [1.29, 1.82) is 0 Å². The summed E-state index contributed by atoms with van der Waals surface area (Å²) in [5.74, 6) is -0.319. The van der Waals surface area contributed by atoms with Crippen molar-refractivity contribution < 1.29 is 14.4 Å². The van der Waals surface area contributed by atoms with Crippen LogP contribution in [0, 0.1) is 23.2 Å². The zero-order valence-electron chi connectivity index (χ0n) is 17.8. The number of hydrogen-bond donors (Lipinski definition) is 2. The number of primary amides is 1. The van der Waals surface area contributed by atoms with E-state index in [4.69, 9.17) is 5.73 Å². The smallest absolute Gasteiger partial charge is 0.244 e. The quantitative estimate of drug-likeness (QED) is 0.693. The van der Waals surface area contributed by atoms with Gasteiger partial charge in [0.2, 0.25) is 17.7 Å². The van der Waals surface area contributed by atoms with Crippen molar-refractivity contribution in [2.75, 3.05) is 6.54 Å². The molecule has 0 aromatic rings. The maximum absolute atomic E-state index is 13.1. The number of allylic oxidation sites excluding steroid dienone is 1. The van der Waals surface area contributed by atoms with Crippen molar-refractivity contribution in [2.45, 2.75) is 83.7 Å². The Labute approximate surface area is 173 Å². The van der Waals surface area contributed by atoms with E-state index >= 15 is 0 Å². The lowest BCUT2D eigenvalue weighted by Crippen LogP contribution is -2.47. The van der Waals surface area contributed by atoms with Gasteiger partial charge in [-0.15, -0.1) is 0 Å². The molecule has 5 atom stereocenters. The summed E-state index contributed by atoms with van der Waals surface area (Å²) in [4.78, 5) is 39.0. The van der Waals surface area contributed by atoms with E-state index in [1.807, 2.05) is 4.90 Å². The second-order valence-electron chi connectivity index (χ2n) is 10.5. The molecule has 3 amide bonds. The number of carbonyl (C=O) groups excluding carboxylic acids is 3. The standard InChI is InChI=1S/C23H35N3O3/c1-23(2)8-6-14(7-9-23)10-20(27)25-13-16-11-15-4-3-5-19(15)26(16)22(29)18-12-17(18)21(24)28/h10,15-19H,3-9,11-13H2,1-2H3,(H2,24,28)(H,25,27)/t15-,16-,17-,18+,19-/m0/s1. The van der Waals surface area contributed by atoms with Crippen LogP contribution in [-0.4, -0.2) is 41.2 Å². The summed E-state index contributed by atoms with van der Waals surface area (Å²) in [6.45, 7) is 5.07. The van der Waals surface area contributed by atoms with Gasteiger partial charge >= 0.3 is 0 Å². The Bertz CT molecular complexity index is 717. The van der Waals surface area contributed by atoms with Gasteiger partial charge in [-0.25, -0.2) is 0 Å². The summed E-state index contributed by atoms with van der Waals surface area (Å²) in [5.41, 5.74) is 7.01. The number of rotatable bonds is 5. The predicted molar refractivity (Wildman–Crippen MR) is 111 cm³/mol. The summed E-state index contributed by atoms with van der Waals surface area (Å²) in [7, 11) is 0. The highest BCUT2D eigenvalue weighted by Gasteiger charge is 2.54. The Hall–Kier alpha value is -1.85. The number of nitrogens with one attached hydrogen (secondary N) is 1. The van der Waals surface area contributed by atoms with E-state index < -0.39 is 0 Å². The van der Waals surface area contributed by atoms with Crippen LogP contribution in [-0.2, 0) is 14.4 Å². The van der Waals surface area contributed by atoms with Crippen molar-refractivity contribution >= 4 is 17.7 Å². The normalized spacial score (nSPS) is 35.2. The molecule has 0 bridgehead atoms. The van der Waals surface area contributed by atoms with Crippen LogP contribution in [0.3, 0.4) is 0 Å². The van der Waals surface area contributed by atoms with Gasteiger partial charge in [0.05, 0.1) is 11.8 Å². The molecule has 0 aromatic heterocycles. The topological polar surface area (TPSA) is 92.5 Å². The lowest BCUT2D eigenvalue weighted by molar-refractivity contribution is -0.137. The molecule has 160 valence electrons. The molecular formula is C23H35N3O3. The lowest BCUT2D eigenvalue weighted by atomic mass is 9.75. The van der Waals surface area contributed by atoms with E-state index in [0.717, 1.165) is 51.4 Å². The molecule has 1 saturated heterocycles. The van der Waals surface area contributed by atoms with Crippen molar-refractivity contribution in [3.05, 3.63) is 11.6 Å². The first kappa shape index (κ1) is 20.4. The Morgan fingerprint density at radius 1 is 1.14 bits per heavy atom. The fourth-order valence-electron chi connectivity index (χ4n) is 5.74. The molecule has 6 heteroatoms. The summed E-state index contributed by atoms with van der Waals surface area (Å²) < 4.78 is 0.